The molecule has 2 aromatic carbocycles. The molecule has 4 rings (SSSR count). The predicted octanol–water partition coefficient (Wildman–Crippen LogP) is 5.90. The van der Waals surface area contributed by atoms with E-state index in [9.17, 15) is 9.59 Å². The molecular weight excluding hydrogens is 398 g/mol. The molecule has 0 saturated carbocycles. The lowest BCUT2D eigenvalue weighted by Crippen LogP contribution is -2.12. The standard InChI is InChI=1S/C23H19N3O3S/c1-15-14-20(26-22(27)19-12-7-13-29-19)30-21(15)23(28)25-18-11-6-5-10-17(18)24-16-8-3-2-4-9-16/h2-14,24H,1H3,(H,25,28)(H,26,27). The van der Waals surface area contributed by atoms with Crippen LogP contribution < -0.4 is 16.0 Å². The van der Waals surface area contributed by atoms with Crippen LogP contribution in [0.2, 0.25) is 0 Å². The van der Waals surface area contributed by atoms with Gasteiger partial charge in [-0.1, -0.05) is 30.3 Å². The second kappa shape index (κ2) is 8.67. The third-order valence-corrected chi connectivity index (χ3v) is 5.49. The van der Waals surface area contributed by atoms with Crippen LogP contribution in [0.4, 0.5) is 22.1 Å². The smallest absolute Gasteiger partial charge is 0.291 e. The first kappa shape index (κ1) is 19.5. The summed E-state index contributed by atoms with van der Waals surface area (Å²) in [6, 6.07) is 22.2. The molecule has 0 aliphatic rings. The maximum atomic E-state index is 12.9. The Hall–Kier alpha value is -3.84. The summed E-state index contributed by atoms with van der Waals surface area (Å²) in [5, 5.41) is 9.61. The fourth-order valence-electron chi connectivity index (χ4n) is 2.91. The van der Waals surface area contributed by atoms with E-state index < -0.39 is 0 Å². The number of aryl methyl sites for hydroxylation is 1. The van der Waals surface area contributed by atoms with Crippen molar-refractivity contribution in [2.75, 3.05) is 16.0 Å². The largest absolute Gasteiger partial charge is 0.459 e. The van der Waals surface area contributed by atoms with E-state index in [1.54, 1.807) is 18.2 Å². The van der Waals surface area contributed by atoms with Gasteiger partial charge < -0.3 is 20.4 Å². The minimum absolute atomic E-state index is 0.216. The average Bonchev–Trinajstić information content (AvgIpc) is 3.40. The molecule has 150 valence electrons. The van der Waals surface area contributed by atoms with Gasteiger partial charge in [-0.15, -0.1) is 11.3 Å². The Balaban J connectivity index is 1.49. The fourth-order valence-corrected chi connectivity index (χ4v) is 3.87. The quantitative estimate of drug-likeness (QED) is 0.365. The van der Waals surface area contributed by atoms with Gasteiger partial charge in [0.15, 0.2) is 5.76 Å². The zero-order valence-electron chi connectivity index (χ0n) is 16.1. The Kier molecular flexibility index (Phi) is 5.63. The van der Waals surface area contributed by atoms with Gasteiger partial charge in [0.1, 0.15) is 0 Å². The number of rotatable bonds is 6. The highest BCUT2D eigenvalue weighted by atomic mass is 32.1. The molecule has 3 N–H and O–H groups in total. The van der Waals surface area contributed by atoms with Crippen molar-refractivity contribution in [2.45, 2.75) is 6.92 Å². The maximum absolute atomic E-state index is 12.9. The van der Waals surface area contributed by atoms with Crippen molar-refractivity contribution < 1.29 is 14.0 Å². The molecule has 0 unspecified atom stereocenters. The highest BCUT2D eigenvalue weighted by molar-refractivity contribution is 7.18. The van der Waals surface area contributed by atoms with Crippen molar-refractivity contribution in [3.05, 3.63) is 95.3 Å². The minimum Gasteiger partial charge on any atom is -0.459 e. The number of hydrogen-bond donors (Lipinski definition) is 3. The van der Waals surface area contributed by atoms with Gasteiger partial charge in [-0.05, 0) is 55.0 Å². The van der Waals surface area contributed by atoms with Crippen LogP contribution in [0, 0.1) is 6.92 Å². The first-order valence-electron chi connectivity index (χ1n) is 9.28. The second-order valence-electron chi connectivity index (χ2n) is 6.54. The molecular formula is C23H19N3O3S. The van der Waals surface area contributed by atoms with Gasteiger partial charge >= 0.3 is 0 Å². The summed E-state index contributed by atoms with van der Waals surface area (Å²) in [6.07, 6.45) is 1.44. The summed E-state index contributed by atoms with van der Waals surface area (Å²) < 4.78 is 5.10. The van der Waals surface area contributed by atoms with E-state index in [2.05, 4.69) is 16.0 Å². The molecule has 30 heavy (non-hydrogen) atoms. The van der Waals surface area contributed by atoms with Crippen molar-refractivity contribution in [3.8, 4) is 0 Å². The van der Waals surface area contributed by atoms with Crippen LogP contribution in [-0.4, -0.2) is 11.8 Å². The molecule has 0 radical (unpaired) electrons. The van der Waals surface area contributed by atoms with E-state index in [0.717, 1.165) is 16.9 Å². The molecule has 0 aliphatic carbocycles. The summed E-state index contributed by atoms with van der Waals surface area (Å²) in [5.41, 5.74) is 3.16. The number of furan rings is 1. The molecule has 0 aliphatic heterocycles. The number of nitrogens with one attached hydrogen (secondary N) is 3. The zero-order chi connectivity index (χ0) is 20.9. The van der Waals surface area contributed by atoms with Crippen molar-refractivity contribution in [1.29, 1.82) is 0 Å². The van der Waals surface area contributed by atoms with Gasteiger partial charge in [-0.25, -0.2) is 0 Å². The number of hydrogen-bond acceptors (Lipinski definition) is 5. The maximum Gasteiger partial charge on any atom is 0.291 e. The molecule has 0 fully saturated rings. The van der Waals surface area contributed by atoms with E-state index in [1.807, 2.05) is 61.5 Å². The molecule has 6 nitrogen and oxygen atoms in total. The molecule has 0 spiro atoms. The highest BCUT2D eigenvalue weighted by Crippen LogP contribution is 2.30. The second-order valence-corrected chi connectivity index (χ2v) is 7.60. The first-order valence-corrected chi connectivity index (χ1v) is 10.1. The van der Waals surface area contributed by atoms with Crippen molar-refractivity contribution in [1.82, 2.24) is 0 Å². The molecule has 2 aromatic heterocycles. The summed E-state index contributed by atoms with van der Waals surface area (Å²) in [4.78, 5) is 25.6. The van der Waals surface area contributed by atoms with E-state index in [4.69, 9.17) is 4.42 Å². The summed E-state index contributed by atoms with van der Waals surface area (Å²) in [6.45, 7) is 1.84. The number of carbonyl (C=O) groups is 2. The summed E-state index contributed by atoms with van der Waals surface area (Å²) in [5.74, 6) is -0.378. The molecule has 0 saturated heterocycles. The Labute approximate surface area is 177 Å². The summed E-state index contributed by atoms with van der Waals surface area (Å²) >= 11 is 1.22. The molecule has 7 heteroatoms. The van der Waals surface area contributed by atoms with Crippen LogP contribution in [0.25, 0.3) is 0 Å². The Morgan fingerprint density at radius 1 is 0.833 bits per heavy atom. The van der Waals surface area contributed by atoms with E-state index in [-0.39, 0.29) is 17.6 Å². The van der Waals surface area contributed by atoms with Crippen LogP contribution in [0.15, 0.2) is 83.5 Å². The lowest BCUT2D eigenvalue weighted by atomic mass is 10.2. The van der Waals surface area contributed by atoms with Gasteiger partial charge in [0.05, 0.1) is 27.5 Å². The van der Waals surface area contributed by atoms with Crippen LogP contribution in [0.1, 0.15) is 25.8 Å². The third kappa shape index (κ3) is 4.42. The normalized spacial score (nSPS) is 10.4. The number of carbonyl (C=O) groups excluding carboxylic acids is 2. The van der Waals surface area contributed by atoms with E-state index >= 15 is 0 Å². The number of thiophene rings is 1. The molecule has 4 aromatic rings. The SMILES string of the molecule is Cc1cc(NC(=O)c2ccco2)sc1C(=O)Nc1ccccc1Nc1ccccc1. The van der Waals surface area contributed by atoms with Gasteiger partial charge in [0.2, 0.25) is 0 Å². The van der Waals surface area contributed by atoms with Gasteiger partial charge in [0.25, 0.3) is 11.8 Å². The van der Waals surface area contributed by atoms with Crippen LogP contribution in [0.3, 0.4) is 0 Å². The van der Waals surface area contributed by atoms with Gasteiger partial charge in [-0.2, -0.15) is 0 Å². The molecule has 2 heterocycles. The Bertz CT molecular complexity index is 1170. The fraction of sp³-hybridized carbons (Fsp3) is 0.0435. The van der Waals surface area contributed by atoms with Crippen LogP contribution in [0.5, 0.6) is 0 Å². The van der Waals surface area contributed by atoms with Crippen molar-refractivity contribution in [3.63, 3.8) is 0 Å². The van der Waals surface area contributed by atoms with E-state index in [0.29, 0.717) is 15.6 Å². The third-order valence-electron chi connectivity index (χ3n) is 4.33. The topological polar surface area (TPSA) is 83.4 Å². The zero-order valence-corrected chi connectivity index (χ0v) is 17.0. The predicted molar refractivity (Wildman–Crippen MR) is 120 cm³/mol. The first-order chi connectivity index (χ1) is 14.6. The molecule has 0 bridgehead atoms. The monoisotopic (exact) mass is 417 g/mol. The summed E-state index contributed by atoms with van der Waals surface area (Å²) in [7, 11) is 0. The number of para-hydroxylation sites is 3. The molecule has 2 amide bonds. The number of amides is 2. The van der Waals surface area contributed by atoms with Gasteiger partial charge in [0, 0.05) is 5.69 Å². The van der Waals surface area contributed by atoms with E-state index in [1.165, 1.54) is 17.6 Å². The van der Waals surface area contributed by atoms with Crippen LogP contribution >= 0.6 is 11.3 Å². The van der Waals surface area contributed by atoms with Gasteiger partial charge in [-0.3, -0.25) is 9.59 Å². The number of anilines is 4. The Morgan fingerprint density at radius 2 is 1.57 bits per heavy atom. The molecule has 0 atom stereocenters. The Morgan fingerprint density at radius 3 is 2.30 bits per heavy atom. The van der Waals surface area contributed by atoms with Crippen molar-refractivity contribution in [2.24, 2.45) is 0 Å². The highest BCUT2D eigenvalue weighted by Gasteiger charge is 2.17. The minimum atomic E-state index is -0.356. The average molecular weight is 417 g/mol. The van der Waals surface area contributed by atoms with Crippen LogP contribution in [-0.2, 0) is 0 Å². The van der Waals surface area contributed by atoms with Crippen molar-refractivity contribution >= 4 is 45.2 Å². The lowest BCUT2D eigenvalue weighted by molar-refractivity contribution is 0.0995. The number of benzene rings is 2. The lowest BCUT2D eigenvalue weighted by Gasteiger charge is -2.13.